The molecular weight excluding hydrogens is 326 g/mol. The summed E-state index contributed by atoms with van der Waals surface area (Å²) in [5.74, 6) is -0.606. The number of carbonyl (C=O) groups is 2. The molecule has 2 amide bonds. The number of pyridine rings is 1. The topological polar surface area (TPSA) is 71.1 Å². The molecule has 2 N–H and O–H groups in total. The Bertz CT molecular complexity index is 754. The molecule has 2 rings (SSSR count). The van der Waals surface area contributed by atoms with Crippen LogP contribution < -0.4 is 10.6 Å². The van der Waals surface area contributed by atoms with Crippen molar-refractivity contribution in [2.24, 2.45) is 0 Å². The molecule has 0 bridgehead atoms. The molecule has 0 unspecified atom stereocenters. The van der Waals surface area contributed by atoms with Gasteiger partial charge in [0.15, 0.2) is 0 Å². The van der Waals surface area contributed by atoms with Crippen molar-refractivity contribution in [2.45, 2.75) is 32.9 Å². The Morgan fingerprint density at radius 1 is 1.12 bits per heavy atom. The molecule has 1 aromatic carbocycles. The highest BCUT2D eigenvalue weighted by molar-refractivity contribution is 6.31. The van der Waals surface area contributed by atoms with Gasteiger partial charge in [0.05, 0.1) is 0 Å². The van der Waals surface area contributed by atoms with Gasteiger partial charge in [0, 0.05) is 28.9 Å². The maximum atomic E-state index is 12.3. The summed E-state index contributed by atoms with van der Waals surface area (Å²) in [7, 11) is 0. The van der Waals surface area contributed by atoms with Crippen molar-refractivity contribution >= 4 is 23.4 Å². The van der Waals surface area contributed by atoms with E-state index in [4.69, 9.17) is 11.6 Å². The third-order valence-corrected chi connectivity index (χ3v) is 3.51. The second-order valence-electron chi connectivity index (χ2n) is 6.41. The van der Waals surface area contributed by atoms with Crippen LogP contribution >= 0.6 is 11.6 Å². The van der Waals surface area contributed by atoms with Crippen molar-refractivity contribution < 1.29 is 9.59 Å². The third-order valence-electron chi connectivity index (χ3n) is 3.14. The van der Waals surface area contributed by atoms with Crippen molar-refractivity contribution in [1.82, 2.24) is 15.6 Å². The van der Waals surface area contributed by atoms with E-state index in [9.17, 15) is 9.59 Å². The molecular formula is C18H20ClN3O2. The lowest BCUT2D eigenvalue weighted by Gasteiger charge is -2.20. The Balaban J connectivity index is 2.06. The zero-order valence-corrected chi connectivity index (χ0v) is 14.6. The summed E-state index contributed by atoms with van der Waals surface area (Å²) in [5, 5.41) is 6.20. The molecule has 6 heteroatoms. The highest BCUT2D eigenvalue weighted by Crippen LogP contribution is 2.14. The number of aromatic nitrogens is 1. The first-order chi connectivity index (χ1) is 11.3. The minimum Gasteiger partial charge on any atom is -0.348 e. The average molecular weight is 346 g/mol. The van der Waals surface area contributed by atoms with Gasteiger partial charge in [-0.25, -0.2) is 0 Å². The zero-order valence-electron chi connectivity index (χ0n) is 13.9. The van der Waals surface area contributed by atoms with Gasteiger partial charge in [0.2, 0.25) is 0 Å². The van der Waals surface area contributed by atoms with Crippen LogP contribution in [0.25, 0.3) is 0 Å². The van der Waals surface area contributed by atoms with Gasteiger partial charge in [-0.3, -0.25) is 14.6 Å². The van der Waals surface area contributed by atoms with Crippen molar-refractivity contribution in [1.29, 1.82) is 0 Å². The van der Waals surface area contributed by atoms with E-state index >= 15 is 0 Å². The molecule has 0 saturated heterocycles. The van der Waals surface area contributed by atoms with E-state index in [-0.39, 0.29) is 23.0 Å². The highest BCUT2D eigenvalue weighted by atomic mass is 35.5. The Kier molecular flexibility index (Phi) is 5.57. The van der Waals surface area contributed by atoms with Crippen LogP contribution in [0.4, 0.5) is 0 Å². The lowest BCUT2D eigenvalue weighted by Crippen LogP contribution is -2.41. The number of hydrogen-bond donors (Lipinski definition) is 2. The van der Waals surface area contributed by atoms with E-state index in [2.05, 4.69) is 15.6 Å². The summed E-state index contributed by atoms with van der Waals surface area (Å²) >= 11 is 6.07. The first-order valence-corrected chi connectivity index (χ1v) is 7.94. The van der Waals surface area contributed by atoms with Crippen LogP contribution in [0.5, 0.6) is 0 Å². The number of hydrogen-bond acceptors (Lipinski definition) is 3. The average Bonchev–Trinajstić information content (AvgIpc) is 2.52. The Labute approximate surface area is 146 Å². The summed E-state index contributed by atoms with van der Waals surface area (Å²) in [5.41, 5.74) is 1.03. The van der Waals surface area contributed by atoms with Crippen LogP contribution in [-0.2, 0) is 6.54 Å². The molecule has 1 heterocycles. The largest absolute Gasteiger partial charge is 0.348 e. The van der Waals surface area contributed by atoms with Gasteiger partial charge < -0.3 is 10.6 Å². The van der Waals surface area contributed by atoms with Gasteiger partial charge in [0.1, 0.15) is 5.69 Å². The second kappa shape index (κ2) is 7.45. The fraction of sp³-hybridized carbons (Fsp3) is 0.278. The van der Waals surface area contributed by atoms with Crippen LogP contribution in [0, 0.1) is 0 Å². The van der Waals surface area contributed by atoms with Gasteiger partial charge in [-0.2, -0.15) is 0 Å². The summed E-state index contributed by atoms with van der Waals surface area (Å²) in [6.45, 7) is 5.95. The van der Waals surface area contributed by atoms with E-state index in [0.29, 0.717) is 17.1 Å². The Morgan fingerprint density at radius 3 is 2.50 bits per heavy atom. The summed E-state index contributed by atoms with van der Waals surface area (Å²) in [6, 6.07) is 10.3. The molecule has 0 aliphatic carbocycles. The molecule has 126 valence electrons. The molecule has 0 fully saturated rings. The number of benzene rings is 1. The lowest BCUT2D eigenvalue weighted by atomic mass is 10.1. The predicted molar refractivity (Wildman–Crippen MR) is 94.1 cm³/mol. The normalized spacial score (nSPS) is 11.0. The van der Waals surface area contributed by atoms with E-state index in [1.165, 1.54) is 12.3 Å². The van der Waals surface area contributed by atoms with Crippen LogP contribution in [0.1, 0.15) is 47.2 Å². The minimum absolute atomic E-state index is 0.204. The maximum absolute atomic E-state index is 12.3. The molecule has 0 atom stereocenters. The molecule has 0 aliphatic heterocycles. The smallest absolute Gasteiger partial charge is 0.270 e. The van der Waals surface area contributed by atoms with Gasteiger partial charge in [-0.05, 0) is 44.5 Å². The van der Waals surface area contributed by atoms with Gasteiger partial charge in [-0.15, -0.1) is 0 Å². The molecule has 2 aromatic rings. The number of halogens is 1. The molecule has 24 heavy (non-hydrogen) atoms. The quantitative estimate of drug-likeness (QED) is 0.894. The monoisotopic (exact) mass is 345 g/mol. The maximum Gasteiger partial charge on any atom is 0.270 e. The van der Waals surface area contributed by atoms with Crippen LogP contribution in [0.2, 0.25) is 5.02 Å². The van der Waals surface area contributed by atoms with Crippen LogP contribution in [-0.4, -0.2) is 22.3 Å². The molecule has 0 aliphatic rings. The number of nitrogens with one attached hydrogen (secondary N) is 2. The number of rotatable bonds is 4. The SMILES string of the molecule is CC(C)(C)NC(=O)c1cc(C(=O)NCc2ccccc2Cl)ccn1. The molecule has 0 spiro atoms. The first kappa shape index (κ1) is 17.9. The van der Waals surface area contributed by atoms with Gasteiger partial charge in [0.25, 0.3) is 11.8 Å². The minimum atomic E-state index is -0.374. The van der Waals surface area contributed by atoms with Crippen molar-refractivity contribution in [3.8, 4) is 0 Å². The summed E-state index contributed by atoms with van der Waals surface area (Å²) < 4.78 is 0. The fourth-order valence-corrected chi connectivity index (χ4v) is 2.22. The number of carbonyl (C=O) groups excluding carboxylic acids is 2. The number of nitrogens with zero attached hydrogens (tertiary/aromatic N) is 1. The van der Waals surface area contributed by atoms with Crippen molar-refractivity contribution in [2.75, 3.05) is 0 Å². The molecule has 0 radical (unpaired) electrons. The van der Waals surface area contributed by atoms with Crippen LogP contribution in [0.3, 0.4) is 0 Å². The summed E-state index contributed by atoms with van der Waals surface area (Å²) in [4.78, 5) is 28.4. The highest BCUT2D eigenvalue weighted by Gasteiger charge is 2.17. The zero-order chi connectivity index (χ0) is 17.7. The van der Waals surface area contributed by atoms with Crippen molar-refractivity contribution in [3.63, 3.8) is 0 Å². The Morgan fingerprint density at radius 2 is 1.83 bits per heavy atom. The van der Waals surface area contributed by atoms with E-state index in [0.717, 1.165) is 5.56 Å². The standard InChI is InChI=1S/C18H20ClN3O2/c1-18(2,3)22-17(24)15-10-12(8-9-20-15)16(23)21-11-13-6-4-5-7-14(13)19/h4-10H,11H2,1-3H3,(H,21,23)(H,22,24). The molecule has 5 nitrogen and oxygen atoms in total. The number of amides is 2. The first-order valence-electron chi connectivity index (χ1n) is 7.56. The lowest BCUT2D eigenvalue weighted by molar-refractivity contribution is 0.0914. The van der Waals surface area contributed by atoms with Gasteiger partial charge in [-0.1, -0.05) is 29.8 Å². The predicted octanol–water partition coefficient (Wildman–Crippen LogP) is 3.19. The van der Waals surface area contributed by atoms with Crippen LogP contribution in [0.15, 0.2) is 42.6 Å². The van der Waals surface area contributed by atoms with E-state index in [1.54, 1.807) is 12.1 Å². The molecule has 1 aromatic heterocycles. The summed E-state index contributed by atoms with van der Waals surface area (Å²) in [6.07, 6.45) is 1.45. The second-order valence-corrected chi connectivity index (χ2v) is 6.82. The fourth-order valence-electron chi connectivity index (χ4n) is 2.02. The Hall–Kier alpha value is -2.40. The molecule has 0 saturated carbocycles. The third kappa shape index (κ3) is 5.06. The van der Waals surface area contributed by atoms with E-state index < -0.39 is 0 Å². The van der Waals surface area contributed by atoms with E-state index in [1.807, 2.05) is 39.0 Å². The van der Waals surface area contributed by atoms with Crippen molar-refractivity contribution in [3.05, 3.63) is 64.4 Å². The van der Waals surface area contributed by atoms with Gasteiger partial charge >= 0.3 is 0 Å².